The van der Waals surface area contributed by atoms with E-state index in [1.807, 2.05) is 26.8 Å². The maximum Gasteiger partial charge on any atom is 0.237 e. The van der Waals surface area contributed by atoms with Crippen molar-refractivity contribution in [3.05, 3.63) is 53.7 Å². The predicted octanol–water partition coefficient (Wildman–Crippen LogP) is 3.99. The number of fused-ring (bicyclic) bond motifs is 1. The van der Waals surface area contributed by atoms with Gasteiger partial charge in [-0.3, -0.25) is 14.7 Å². The van der Waals surface area contributed by atoms with Crippen molar-refractivity contribution in [3.8, 4) is 5.88 Å². The monoisotopic (exact) mass is 397 g/mol. The predicted molar refractivity (Wildman–Crippen MR) is 108 cm³/mol. The quantitative estimate of drug-likeness (QED) is 0.781. The molecule has 1 saturated carbocycles. The van der Waals surface area contributed by atoms with E-state index in [9.17, 15) is 9.18 Å². The Morgan fingerprint density at radius 3 is 2.72 bits per heavy atom. The lowest BCUT2D eigenvalue weighted by Crippen LogP contribution is -2.39. The molecule has 4 rings (SSSR count). The fraction of sp³-hybridized carbons (Fsp3) is 0.522. The Morgan fingerprint density at radius 1 is 1.21 bits per heavy atom. The van der Waals surface area contributed by atoms with Crippen LogP contribution in [0.1, 0.15) is 50.8 Å². The number of Topliss-reactive ketones (excluding diaryl/α,β-unsaturated/α-hetero) is 1. The van der Waals surface area contributed by atoms with Crippen molar-refractivity contribution in [1.29, 1.82) is 0 Å². The van der Waals surface area contributed by atoms with Gasteiger partial charge in [0.05, 0.1) is 0 Å². The molecule has 154 valence electrons. The molecule has 3 unspecified atom stereocenters. The minimum Gasteiger partial charge on any atom is -0.471 e. The van der Waals surface area contributed by atoms with E-state index in [-0.39, 0.29) is 35.0 Å². The van der Waals surface area contributed by atoms with Gasteiger partial charge >= 0.3 is 0 Å². The fourth-order valence-corrected chi connectivity index (χ4v) is 4.63. The molecule has 2 aromatic rings. The molecule has 6 heteroatoms. The molecule has 1 aliphatic heterocycles. The van der Waals surface area contributed by atoms with Gasteiger partial charge in [0, 0.05) is 37.3 Å². The van der Waals surface area contributed by atoms with Crippen molar-refractivity contribution in [2.24, 2.45) is 11.8 Å². The Kier molecular flexibility index (Phi) is 5.38. The summed E-state index contributed by atoms with van der Waals surface area (Å²) in [7, 11) is 0. The average Bonchev–Trinajstić information content (AvgIpc) is 2.98. The van der Waals surface area contributed by atoms with Gasteiger partial charge in [0.2, 0.25) is 5.88 Å². The largest absolute Gasteiger partial charge is 0.471 e. The number of ketones is 1. The summed E-state index contributed by atoms with van der Waals surface area (Å²) < 4.78 is 20.2. The van der Waals surface area contributed by atoms with Crippen LogP contribution in [-0.4, -0.2) is 39.3 Å². The number of aromatic nitrogens is 2. The first-order chi connectivity index (χ1) is 13.8. The van der Waals surface area contributed by atoms with Gasteiger partial charge in [-0.05, 0) is 57.7 Å². The Hall–Kier alpha value is -2.34. The second-order valence-electron chi connectivity index (χ2n) is 9.13. The number of piperidine rings is 1. The highest BCUT2D eigenvalue weighted by Crippen LogP contribution is 2.44. The molecule has 0 amide bonds. The maximum absolute atomic E-state index is 14.2. The molecular formula is C23H28FN3O2. The third-order valence-electron chi connectivity index (χ3n) is 5.86. The van der Waals surface area contributed by atoms with E-state index >= 15 is 0 Å². The first-order valence-corrected chi connectivity index (χ1v) is 10.3. The lowest BCUT2D eigenvalue weighted by molar-refractivity contribution is -0.123. The number of carbonyl (C=O) groups excluding carboxylic acids is 1. The lowest BCUT2D eigenvalue weighted by Gasteiger charge is -2.34. The van der Waals surface area contributed by atoms with Crippen LogP contribution in [0.15, 0.2) is 36.7 Å². The SMILES string of the molecule is CC(C)(C)Oc1nccnc1CN1CCC2C(=O)C(c3ccccc3F)CC2C1. The van der Waals surface area contributed by atoms with E-state index in [4.69, 9.17) is 4.74 Å². The second-order valence-corrected chi connectivity index (χ2v) is 9.13. The van der Waals surface area contributed by atoms with Crippen LogP contribution >= 0.6 is 0 Å². The van der Waals surface area contributed by atoms with E-state index in [0.29, 0.717) is 24.4 Å². The van der Waals surface area contributed by atoms with Crippen LogP contribution in [0.4, 0.5) is 4.39 Å². The molecule has 0 bridgehead atoms. The Balaban J connectivity index is 1.46. The van der Waals surface area contributed by atoms with E-state index in [0.717, 1.165) is 25.2 Å². The van der Waals surface area contributed by atoms with E-state index < -0.39 is 0 Å². The average molecular weight is 397 g/mol. The van der Waals surface area contributed by atoms with Crippen LogP contribution in [-0.2, 0) is 11.3 Å². The van der Waals surface area contributed by atoms with Gasteiger partial charge in [-0.15, -0.1) is 0 Å². The van der Waals surface area contributed by atoms with Gasteiger partial charge in [0.25, 0.3) is 0 Å². The van der Waals surface area contributed by atoms with E-state index in [2.05, 4.69) is 14.9 Å². The number of likely N-dealkylation sites (tertiary alicyclic amines) is 1. The zero-order chi connectivity index (χ0) is 20.6. The van der Waals surface area contributed by atoms with Gasteiger partial charge in [0.1, 0.15) is 22.9 Å². The minimum atomic E-state index is -0.345. The normalized spacial score (nSPS) is 25.1. The number of rotatable bonds is 4. The summed E-state index contributed by atoms with van der Waals surface area (Å²) in [5.74, 6) is 0.463. The topological polar surface area (TPSA) is 55.3 Å². The summed E-state index contributed by atoms with van der Waals surface area (Å²) in [6, 6.07) is 6.68. The second kappa shape index (κ2) is 7.82. The Morgan fingerprint density at radius 2 is 1.97 bits per heavy atom. The number of nitrogens with zero attached hydrogens (tertiary/aromatic N) is 3. The van der Waals surface area contributed by atoms with Crippen molar-refractivity contribution in [1.82, 2.24) is 14.9 Å². The van der Waals surface area contributed by atoms with Gasteiger partial charge in [0.15, 0.2) is 0 Å². The van der Waals surface area contributed by atoms with Crippen LogP contribution in [0.5, 0.6) is 5.88 Å². The fourth-order valence-electron chi connectivity index (χ4n) is 4.63. The molecule has 1 aromatic heterocycles. The van der Waals surface area contributed by atoms with Crippen LogP contribution in [0.2, 0.25) is 0 Å². The number of benzene rings is 1. The highest BCUT2D eigenvalue weighted by Gasteiger charge is 2.45. The highest BCUT2D eigenvalue weighted by atomic mass is 19.1. The Bertz CT molecular complexity index is 896. The summed E-state index contributed by atoms with van der Waals surface area (Å²) >= 11 is 0. The number of hydrogen-bond acceptors (Lipinski definition) is 5. The standard InChI is InChI=1S/C23H28FN3O2/c1-23(2,3)29-22-20(25-9-10-26-22)14-27-11-8-16-15(13-27)12-18(21(16)28)17-6-4-5-7-19(17)24/h4-7,9-10,15-16,18H,8,11-14H2,1-3H3. The highest BCUT2D eigenvalue weighted by molar-refractivity contribution is 5.90. The summed E-state index contributed by atoms with van der Waals surface area (Å²) in [6.07, 6.45) is 4.85. The molecule has 5 nitrogen and oxygen atoms in total. The molecule has 0 spiro atoms. The lowest BCUT2D eigenvalue weighted by atomic mass is 9.88. The molecule has 2 heterocycles. The smallest absolute Gasteiger partial charge is 0.237 e. The summed E-state index contributed by atoms with van der Waals surface area (Å²) in [6.45, 7) is 8.24. The first-order valence-electron chi connectivity index (χ1n) is 10.3. The minimum absolute atomic E-state index is 0.0306. The van der Waals surface area contributed by atoms with Crippen molar-refractivity contribution < 1.29 is 13.9 Å². The molecule has 0 N–H and O–H groups in total. The summed E-state index contributed by atoms with van der Waals surface area (Å²) in [5, 5.41) is 0. The molecule has 3 atom stereocenters. The number of carbonyl (C=O) groups is 1. The number of hydrogen-bond donors (Lipinski definition) is 0. The Labute approximate surface area is 171 Å². The molecule has 2 aliphatic rings. The van der Waals surface area contributed by atoms with Crippen LogP contribution in [0, 0.1) is 17.7 Å². The van der Waals surface area contributed by atoms with Crippen LogP contribution in [0.25, 0.3) is 0 Å². The number of halogens is 1. The molecule has 0 radical (unpaired) electrons. The first kappa shape index (κ1) is 20.0. The third kappa shape index (κ3) is 4.32. The molecule has 1 saturated heterocycles. The van der Waals surface area contributed by atoms with Crippen molar-refractivity contribution in [2.75, 3.05) is 13.1 Å². The molecule has 1 aliphatic carbocycles. The van der Waals surface area contributed by atoms with Crippen LogP contribution < -0.4 is 4.74 Å². The molecular weight excluding hydrogens is 369 g/mol. The summed E-state index contributed by atoms with van der Waals surface area (Å²) in [4.78, 5) is 24.1. The van der Waals surface area contributed by atoms with Gasteiger partial charge in [-0.1, -0.05) is 18.2 Å². The van der Waals surface area contributed by atoms with Gasteiger partial charge in [-0.25, -0.2) is 9.37 Å². The molecule has 29 heavy (non-hydrogen) atoms. The van der Waals surface area contributed by atoms with Crippen LogP contribution in [0.3, 0.4) is 0 Å². The zero-order valence-corrected chi connectivity index (χ0v) is 17.3. The summed E-state index contributed by atoms with van der Waals surface area (Å²) in [5.41, 5.74) is 1.02. The third-order valence-corrected chi connectivity index (χ3v) is 5.86. The number of ether oxygens (including phenoxy) is 1. The van der Waals surface area contributed by atoms with E-state index in [1.54, 1.807) is 24.5 Å². The van der Waals surface area contributed by atoms with Crippen molar-refractivity contribution in [3.63, 3.8) is 0 Å². The van der Waals surface area contributed by atoms with E-state index in [1.165, 1.54) is 6.07 Å². The zero-order valence-electron chi connectivity index (χ0n) is 17.3. The van der Waals surface area contributed by atoms with Gasteiger partial charge in [-0.2, -0.15) is 0 Å². The van der Waals surface area contributed by atoms with Crippen molar-refractivity contribution >= 4 is 5.78 Å². The van der Waals surface area contributed by atoms with Gasteiger partial charge < -0.3 is 4.74 Å². The maximum atomic E-state index is 14.2. The van der Waals surface area contributed by atoms with Crippen molar-refractivity contribution in [2.45, 2.75) is 51.7 Å². The molecule has 2 fully saturated rings. The molecule has 1 aromatic carbocycles.